The summed E-state index contributed by atoms with van der Waals surface area (Å²) in [6, 6.07) is 14.1. The highest BCUT2D eigenvalue weighted by Crippen LogP contribution is 2.32. The lowest BCUT2D eigenvalue weighted by Crippen LogP contribution is -2.40. The molecule has 2 N–H and O–H groups in total. The number of benzene rings is 1. The van der Waals surface area contributed by atoms with Crippen molar-refractivity contribution in [2.75, 3.05) is 11.9 Å². The molecule has 4 aromatic rings. The van der Waals surface area contributed by atoms with E-state index < -0.39 is 12.0 Å². The van der Waals surface area contributed by atoms with Gasteiger partial charge in [-0.25, -0.2) is 4.98 Å². The number of hydrogen-bond donors (Lipinski definition) is 2. The number of nitrogens with zero attached hydrogens (tertiary/aromatic N) is 3. The Morgan fingerprint density at radius 2 is 2.06 bits per heavy atom. The Hall–Kier alpha value is -3.92. The van der Waals surface area contributed by atoms with Gasteiger partial charge < -0.3 is 14.8 Å². The molecule has 1 unspecified atom stereocenters. The molecular weight excluding hydrogens is 418 g/mol. The number of fused-ring (bicyclic) bond motifs is 1. The first-order valence-corrected chi connectivity index (χ1v) is 10.4. The smallest absolute Gasteiger partial charge is 0.270 e. The molecule has 1 atom stereocenters. The summed E-state index contributed by atoms with van der Waals surface area (Å²) < 4.78 is 12.8. The Morgan fingerprint density at radius 1 is 1.23 bits per heavy atom. The number of aromatic nitrogens is 4. The summed E-state index contributed by atoms with van der Waals surface area (Å²) in [6.45, 7) is 1.79. The maximum atomic E-state index is 12.9. The highest BCUT2D eigenvalue weighted by Gasteiger charge is 2.28. The zero-order valence-corrected chi connectivity index (χ0v) is 17.2. The molecule has 1 aliphatic heterocycles. The van der Waals surface area contributed by atoms with Crippen LogP contribution in [0.15, 0.2) is 58.7 Å². The molecule has 5 rings (SSSR count). The number of rotatable bonds is 4. The van der Waals surface area contributed by atoms with Crippen molar-refractivity contribution >= 4 is 23.1 Å². The van der Waals surface area contributed by atoms with Gasteiger partial charge in [0.05, 0.1) is 4.88 Å². The number of amides is 1. The molecular formula is C21H17N5O4S. The van der Waals surface area contributed by atoms with Gasteiger partial charge in [0, 0.05) is 17.8 Å². The molecule has 0 spiro atoms. The Bertz CT molecular complexity index is 1310. The molecule has 156 valence electrons. The van der Waals surface area contributed by atoms with Crippen LogP contribution in [0.3, 0.4) is 0 Å². The van der Waals surface area contributed by atoms with Crippen molar-refractivity contribution in [2.45, 2.75) is 13.0 Å². The van der Waals surface area contributed by atoms with Crippen molar-refractivity contribution in [3.05, 3.63) is 70.0 Å². The van der Waals surface area contributed by atoms with Crippen LogP contribution >= 0.6 is 11.3 Å². The molecule has 1 aromatic carbocycles. The lowest BCUT2D eigenvalue weighted by Gasteiger charge is -2.25. The number of aryl methyl sites for hydroxylation is 1. The Morgan fingerprint density at radius 3 is 2.84 bits per heavy atom. The largest absolute Gasteiger partial charge is 0.485 e. The predicted octanol–water partition coefficient (Wildman–Crippen LogP) is 2.77. The minimum atomic E-state index is -0.840. The SMILES string of the molecule is Cc1cc(=O)[nH]c(-n2nc(-c3cccs3)cc2NC(=O)C2COc3ccccc3O2)n1. The van der Waals surface area contributed by atoms with Gasteiger partial charge in [-0.05, 0) is 30.5 Å². The minimum absolute atomic E-state index is 0.0777. The van der Waals surface area contributed by atoms with Crippen LogP contribution < -0.4 is 20.3 Å². The second-order valence-corrected chi connectivity index (χ2v) is 7.82. The molecule has 1 aliphatic rings. The number of nitrogens with one attached hydrogen (secondary N) is 2. The van der Waals surface area contributed by atoms with E-state index in [1.54, 1.807) is 25.1 Å². The summed E-state index contributed by atoms with van der Waals surface area (Å²) in [7, 11) is 0. The topological polar surface area (TPSA) is 111 Å². The molecule has 0 aliphatic carbocycles. The summed E-state index contributed by atoms with van der Waals surface area (Å²) >= 11 is 1.51. The predicted molar refractivity (Wildman–Crippen MR) is 115 cm³/mol. The fourth-order valence-corrected chi connectivity index (χ4v) is 3.88. The molecule has 3 aromatic heterocycles. The Kier molecular flexibility index (Phi) is 4.75. The van der Waals surface area contributed by atoms with Crippen LogP contribution in [-0.2, 0) is 4.79 Å². The number of thiophene rings is 1. The van der Waals surface area contributed by atoms with Gasteiger partial charge in [0.1, 0.15) is 18.1 Å². The van der Waals surface area contributed by atoms with E-state index in [9.17, 15) is 9.59 Å². The average Bonchev–Trinajstić information content (AvgIpc) is 3.43. The number of carbonyl (C=O) groups excluding carboxylic acids is 1. The maximum Gasteiger partial charge on any atom is 0.270 e. The summed E-state index contributed by atoms with van der Waals surface area (Å²) in [4.78, 5) is 32.8. The van der Waals surface area contributed by atoms with Crippen LogP contribution in [0.5, 0.6) is 11.5 Å². The second kappa shape index (κ2) is 7.73. The van der Waals surface area contributed by atoms with E-state index >= 15 is 0 Å². The van der Waals surface area contributed by atoms with Crippen molar-refractivity contribution in [1.29, 1.82) is 0 Å². The number of ether oxygens (including phenoxy) is 2. The minimum Gasteiger partial charge on any atom is -0.485 e. The number of carbonyl (C=O) groups is 1. The monoisotopic (exact) mass is 435 g/mol. The normalized spacial score (nSPS) is 14.9. The molecule has 0 fully saturated rings. The van der Waals surface area contributed by atoms with Crippen molar-refractivity contribution < 1.29 is 14.3 Å². The molecule has 0 saturated heterocycles. The third kappa shape index (κ3) is 3.80. The zero-order valence-electron chi connectivity index (χ0n) is 16.4. The van der Waals surface area contributed by atoms with E-state index in [0.717, 1.165) is 4.88 Å². The molecule has 1 amide bonds. The lowest BCUT2D eigenvalue weighted by atomic mass is 10.2. The first kappa shape index (κ1) is 19.1. The summed E-state index contributed by atoms with van der Waals surface area (Å²) in [6.07, 6.45) is -0.840. The average molecular weight is 435 g/mol. The van der Waals surface area contributed by atoms with Gasteiger partial charge in [-0.3, -0.25) is 14.6 Å². The van der Waals surface area contributed by atoms with E-state index in [-0.39, 0.29) is 18.1 Å². The fraction of sp³-hybridized carbons (Fsp3) is 0.143. The summed E-state index contributed by atoms with van der Waals surface area (Å²) in [5, 5.41) is 9.31. The summed E-state index contributed by atoms with van der Waals surface area (Å²) in [5.74, 6) is 1.26. The molecule has 0 bridgehead atoms. The van der Waals surface area contributed by atoms with Crippen LogP contribution in [0.2, 0.25) is 0 Å². The third-order valence-corrected chi connectivity index (χ3v) is 5.49. The highest BCUT2D eigenvalue weighted by atomic mass is 32.1. The second-order valence-electron chi connectivity index (χ2n) is 6.87. The zero-order chi connectivity index (χ0) is 21.4. The molecule has 10 heteroatoms. The van der Waals surface area contributed by atoms with Gasteiger partial charge in [0.15, 0.2) is 11.5 Å². The van der Waals surface area contributed by atoms with Crippen molar-refractivity contribution in [3.8, 4) is 28.0 Å². The Balaban J connectivity index is 1.48. The van der Waals surface area contributed by atoms with Gasteiger partial charge in [-0.2, -0.15) is 9.78 Å². The van der Waals surface area contributed by atoms with Crippen molar-refractivity contribution in [3.63, 3.8) is 0 Å². The van der Waals surface area contributed by atoms with Crippen LogP contribution in [0.1, 0.15) is 5.69 Å². The van der Waals surface area contributed by atoms with E-state index in [0.29, 0.717) is 28.7 Å². The fourth-order valence-electron chi connectivity index (χ4n) is 3.20. The molecule has 9 nitrogen and oxygen atoms in total. The third-order valence-electron chi connectivity index (χ3n) is 4.59. The molecule has 0 radical (unpaired) electrons. The van der Waals surface area contributed by atoms with E-state index in [1.165, 1.54) is 22.1 Å². The quantitative estimate of drug-likeness (QED) is 0.510. The van der Waals surface area contributed by atoms with Crippen LogP contribution in [0.4, 0.5) is 5.82 Å². The van der Waals surface area contributed by atoms with Gasteiger partial charge in [-0.15, -0.1) is 11.3 Å². The van der Waals surface area contributed by atoms with Crippen LogP contribution in [0, 0.1) is 6.92 Å². The molecule has 31 heavy (non-hydrogen) atoms. The van der Waals surface area contributed by atoms with Crippen molar-refractivity contribution in [2.24, 2.45) is 0 Å². The van der Waals surface area contributed by atoms with Crippen LogP contribution in [0.25, 0.3) is 16.5 Å². The number of para-hydroxylation sites is 2. The molecule has 4 heterocycles. The van der Waals surface area contributed by atoms with E-state index in [2.05, 4.69) is 20.4 Å². The number of hydrogen-bond acceptors (Lipinski definition) is 7. The standard InChI is InChI=1S/C21H17N5O4S/c1-12-9-19(27)24-21(22-12)26-18(10-13(25-26)17-7-4-8-31-17)23-20(28)16-11-29-14-5-2-3-6-15(14)30-16/h2-10,16H,11H2,1H3,(H,23,28)(H,22,24,27). The van der Waals surface area contributed by atoms with Gasteiger partial charge in [0.25, 0.3) is 11.5 Å². The lowest BCUT2D eigenvalue weighted by molar-refractivity contribution is -0.125. The highest BCUT2D eigenvalue weighted by molar-refractivity contribution is 7.13. The van der Waals surface area contributed by atoms with Gasteiger partial charge >= 0.3 is 0 Å². The van der Waals surface area contributed by atoms with Gasteiger partial charge in [0.2, 0.25) is 12.1 Å². The number of anilines is 1. The van der Waals surface area contributed by atoms with Gasteiger partial charge in [-0.1, -0.05) is 18.2 Å². The van der Waals surface area contributed by atoms with E-state index in [1.807, 2.05) is 29.6 Å². The first-order valence-electron chi connectivity index (χ1n) is 9.48. The number of aromatic amines is 1. The number of H-pyrrole nitrogens is 1. The van der Waals surface area contributed by atoms with Crippen molar-refractivity contribution in [1.82, 2.24) is 19.7 Å². The summed E-state index contributed by atoms with van der Waals surface area (Å²) in [5.41, 5.74) is 0.860. The molecule has 0 saturated carbocycles. The first-order chi connectivity index (χ1) is 15.1. The van der Waals surface area contributed by atoms with Crippen LogP contribution in [-0.4, -0.2) is 38.4 Å². The van der Waals surface area contributed by atoms with E-state index in [4.69, 9.17) is 9.47 Å². The Labute approximate surface area is 180 Å². The maximum absolute atomic E-state index is 12.9.